The van der Waals surface area contributed by atoms with Crippen molar-refractivity contribution in [2.24, 2.45) is 0 Å². The molecule has 1 heterocycles. The van der Waals surface area contributed by atoms with E-state index >= 15 is 0 Å². The Balaban J connectivity index is 1.87. The minimum Gasteiger partial charge on any atom is -0.295 e. The Labute approximate surface area is 117 Å². The van der Waals surface area contributed by atoms with E-state index in [1.807, 2.05) is 6.92 Å². The number of hydrogen-bond donors (Lipinski definition) is 0. The van der Waals surface area contributed by atoms with Crippen LogP contribution in [0.3, 0.4) is 0 Å². The lowest BCUT2D eigenvalue weighted by atomic mass is 9.83. The highest BCUT2D eigenvalue weighted by Gasteiger charge is 2.21. The van der Waals surface area contributed by atoms with E-state index in [9.17, 15) is 9.18 Å². The molecule has 20 heavy (non-hydrogen) atoms. The second kappa shape index (κ2) is 5.19. The molecule has 0 unspecified atom stereocenters. The van der Waals surface area contributed by atoms with Crippen molar-refractivity contribution in [3.8, 4) is 0 Å². The van der Waals surface area contributed by atoms with Gasteiger partial charge in [-0.3, -0.25) is 9.36 Å². The Hall–Kier alpha value is -1.97. The minimum atomic E-state index is -0.280. The second-order valence-corrected chi connectivity index (χ2v) is 5.48. The van der Waals surface area contributed by atoms with Crippen molar-refractivity contribution >= 4 is 0 Å². The first-order valence-electron chi connectivity index (χ1n) is 6.95. The van der Waals surface area contributed by atoms with Crippen molar-refractivity contribution in [3.63, 3.8) is 0 Å². The molecule has 1 saturated carbocycles. The molecule has 3 rings (SSSR count). The Morgan fingerprint density at radius 3 is 2.80 bits per heavy atom. The fourth-order valence-corrected chi connectivity index (χ4v) is 2.48. The maximum Gasteiger partial charge on any atom is 0.253 e. The minimum absolute atomic E-state index is 0.0643. The lowest BCUT2D eigenvalue weighted by Crippen LogP contribution is -2.23. The Bertz CT molecular complexity index is 689. The predicted molar refractivity (Wildman–Crippen MR) is 75.3 cm³/mol. The molecule has 1 aromatic heterocycles. The van der Waals surface area contributed by atoms with Crippen molar-refractivity contribution in [2.45, 2.75) is 38.6 Å². The van der Waals surface area contributed by atoms with Gasteiger partial charge >= 0.3 is 0 Å². The van der Waals surface area contributed by atoms with E-state index in [4.69, 9.17) is 0 Å². The van der Waals surface area contributed by atoms with Gasteiger partial charge in [0.05, 0.1) is 18.6 Å². The fourth-order valence-electron chi connectivity index (χ4n) is 2.48. The summed E-state index contributed by atoms with van der Waals surface area (Å²) in [5.41, 5.74) is 2.62. The third kappa shape index (κ3) is 2.50. The average Bonchev–Trinajstić information content (AvgIpc) is 2.35. The summed E-state index contributed by atoms with van der Waals surface area (Å²) in [6, 6.07) is 6.26. The molecule has 4 heteroatoms. The van der Waals surface area contributed by atoms with Gasteiger partial charge in [0.1, 0.15) is 5.82 Å². The molecule has 1 aromatic carbocycles. The number of benzene rings is 1. The molecule has 0 aliphatic heterocycles. The van der Waals surface area contributed by atoms with Gasteiger partial charge in [-0.2, -0.15) is 0 Å². The molecular weight excluding hydrogens is 255 g/mol. The predicted octanol–water partition coefficient (Wildman–Crippen LogP) is 3.01. The third-order valence-corrected chi connectivity index (χ3v) is 4.08. The molecule has 104 valence electrons. The molecule has 0 N–H and O–H groups in total. The van der Waals surface area contributed by atoms with E-state index in [2.05, 4.69) is 4.98 Å². The summed E-state index contributed by atoms with van der Waals surface area (Å²) in [7, 11) is 0. The van der Waals surface area contributed by atoms with Crippen LogP contribution in [0.15, 0.2) is 35.4 Å². The first-order valence-corrected chi connectivity index (χ1v) is 6.95. The van der Waals surface area contributed by atoms with Gasteiger partial charge in [0, 0.05) is 12.0 Å². The SMILES string of the molecule is Cc1ccc(F)cc1Cn1cnc(C2CCC2)cc1=O. The highest BCUT2D eigenvalue weighted by molar-refractivity contribution is 5.27. The molecule has 2 aromatic rings. The summed E-state index contributed by atoms with van der Waals surface area (Å²) >= 11 is 0. The van der Waals surface area contributed by atoms with E-state index < -0.39 is 0 Å². The maximum absolute atomic E-state index is 13.3. The van der Waals surface area contributed by atoms with Crippen molar-refractivity contribution < 1.29 is 4.39 Å². The average molecular weight is 272 g/mol. The highest BCUT2D eigenvalue weighted by atomic mass is 19.1. The van der Waals surface area contributed by atoms with Crippen molar-refractivity contribution in [1.82, 2.24) is 9.55 Å². The van der Waals surface area contributed by atoms with Gasteiger partial charge in [0.25, 0.3) is 5.56 Å². The van der Waals surface area contributed by atoms with Crippen molar-refractivity contribution in [1.29, 1.82) is 0 Å². The van der Waals surface area contributed by atoms with E-state index in [0.717, 1.165) is 29.7 Å². The zero-order chi connectivity index (χ0) is 14.1. The largest absolute Gasteiger partial charge is 0.295 e. The highest BCUT2D eigenvalue weighted by Crippen LogP contribution is 2.34. The molecule has 1 aliphatic carbocycles. The van der Waals surface area contributed by atoms with Gasteiger partial charge < -0.3 is 0 Å². The van der Waals surface area contributed by atoms with E-state index in [-0.39, 0.29) is 11.4 Å². The van der Waals surface area contributed by atoms with Crippen molar-refractivity contribution in [3.05, 3.63) is 63.6 Å². The van der Waals surface area contributed by atoms with Gasteiger partial charge in [0.15, 0.2) is 0 Å². The molecule has 0 radical (unpaired) electrons. The van der Waals surface area contributed by atoms with Crippen LogP contribution in [0.25, 0.3) is 0 Å². The molecule has 0 saturated heterocycles. The molecule has 0 amide bonds. The lowest BCUT2D eigenvalue weighted by Gasteiger charge is -2.24. The van der Waals surface area contributed by atoms with Crippen LogP contribution < -0.4 is 5.56 Å². The smallest absolute Gasteiger partial charge is 0.253 e. The number of hydrogen-bond acceptors (Lipinski definition) is 2. The van der Waals surface area contributed by atoms with Crippen LogP contribution in [-0.4, -0.2) is 9.55 Å². The zero-order valence-corrected chi connectivity index (χ0v) is 11.5. The Morgan fingerprint density at radius 1 is 1.35 bits per heavy atom. The van der Waals surface area contributed by atoms with Crippen LogP contribution in [0.5, 0.6) is 0 Å². The molecule has 0 bridgehead atoms. The number of halogens is 1. The van der Waals surface area contributed by atoms with Crippen LogP contribution in [-0.2, 0) is 6.54 Å². The summed E-state index contributed by atoms with van der Waals surface area (Å²) in [6.45, 7) is 2.27. The summed E-state index contributed by atoms with van der Waals surface area (Å²) in [6.07, 6.45) is 5.05. The fraction of sp³-hybridized carbons (Fsp3) is 0.375. The summed E-state index contributed by atoms with van der Waals surface area (Å²) < 4.78 is 14.8. The van der Waals surface area contributed by atoms with E-state index in [0.29, 0.717) is 12.5 Å². The molecule has 3 nitrogen and oxygen atoms in total. The summed E-state index contributed by atoms with van der Waals surface area (Å²) in [4.78, 5) is 16.5. The van der Waals surface area contributed by atoms with Crippen LogP contribution in [0, 0.1) is 12.7 Å². The lowest BCUT2D eigenvalue weighted by molar-refractivity contribution is 0.409. The molecule has 1 aliphatic rings. The normalized spacial score (nSPS) is 15.1. The molecule has 0 spiro atoms. The van der Waals surface area contributed by atoms with E-state index in [1.165, 1.54) is 23.1 Å². The van der Waals surface area contributed by atoms with E-state index in [1.54, 1.807) is 18.5 Å². The van der Waals surface area contributed by atoms with Crippen LogP contribution in [0.2, 0.25) is 0 Å². The molecular formula is C16H17FN2O. The Morgan fingerprint density at radius 2 is 2.15 bits per heavy atom. The van der Waals surface area contributed by atoms with Gasteiger partial charge in [0.2, 0.25) is 0 Å². The van der Waals surface area contributed by atoms with Gasteiger partial charge in [-0.25, -0.2) is 9.37 Å². The summed E-state index contributed by atoms with van der Waals surface area (Å²) in [5, 5.41) is 0. The van der Waals surface area contributed by atoms with Crippen LogP contribution >= 0.6 is 0 Å². The third-order valence-electron chi connectivity index (χ3n) is 4.08. The first kappa shape index (κ1) is 13.0. The number of aromatic nitrogens is 2. The second-order valence-electron chi connectivity index (χ2n) is 5.48. The molecule has 0 atom stereocenters. The Kier molecular flexibility index (Phi) is 3.38. The number of aryl methyl sites for hydroxylation is 1. The standard InChI is InChI=1S/C16H17FN2O/c1-11-5-6-14(17)7-13(11)9-19-10-18-15(8-16(19)20)12-3-2-4-12/h5-8,10,12H,2-4,9H2,1H3. The van der Waals surface area contributed by atoms with Gasteiger partial charge in [-0.15, -0.1) is 0 Å². The monoisotopic (exact) mass is 272 g/mol. The van der Waals surface area contributed by atoms with Crippen molar-refractivity contribution in [2.75, 3.05) is 0 Å². The van der Waals surface area contributed by atoms with Crippen LogP contribution in [0.4, 0.5) is 4.39 Å². The van der Waals surface area contributed by atoms with Gasteiger partial charge in [-0.05, 0) is 43.0 Å². The first-order chi connectivity index (χ1) is 9.63. The van der Waals surface area contributed by atoms with Gasteiger partial charge in [-0.1, -0.05) is 12.5 Å². The quantitative estimate of drug-likeness (QED) is 0.861. The number of rotatable bonds is 3. The van der Waals surface area contributed by atoms with Crippen LogP contribution in [0.1, 0.15) is 42.0 Å². The zero-order valence-electron chi connectivity index (χ0n) is 11.5. The summed E-state index contributed by atoms with van der Waals surface area (Å²) in [5.74, 6) is 0.172. The molecule has 1 fully saturated rings. The topological polar surface area (TPSA) is 34.9 Å². The number of nitrogens with zero attached hydrogens (tertiary/aromatic N) is 2. The maximum atomic E-state index is 13.3.